The highest BCUT2D eigenvalue weighted by Gasteiger charge is 2.00. The number of nitrogens with zero attached hydrogens (tertiary/aromatic N) is 3. The minimum Gasteiger partial charge on any atom is -0.363 e. The van der Waals surface area contributed by atoms with Crippen molar-refractivity contribution < 1.29 is 0 Å². The van der Waals surface area contributed by atoms with Crippen molar-refractivity contribution in [1.82, 2.24) is 19.9 Å². The number of anilines is 1. The van der Waals surface area contributed by atoms with Crippen LogP contribution in [0.25, 0.3) is 0 Å². The molecule has 0 atom stereocenters. The van der Waals surface area contributed by atoms with Gasteiger partial charge in [-0.25, -0.2) is 15.0 Å². The van der Waals surface area contributed by atoms with Crippen molar-refractivity contribution in [2.24, 2.45) is 0 Å². The van der Waals surface area contributed by atoms with Crippen LogP contribution in [0.4, 0.5) is 5.82 Å². The number of hydrogen-bond acceptors (Lipinski definition) is 4. The number of halogens is 1. The van der Waals surface area contributed by atoms with Crippen LogP contribution in [0.2, 0.25) is 0 Å². The smallest absolute Gasteiger partial charge is 0.144 e. The van der Waals surface area contributed by atoms with Crippen LogP contribution in [0.1, 0.15) is 5.69 Å². The van der Waals surface area contributed by atoms with Crippen molar-refractivity contribution in [2.45, 2.75) is 6.54 Å². The Morgan fingerprint density at radius 3 is 3.00 bits per heavy atom. The molecule has 0 aliphatic carbocycles. The fourth-order valence-electron chi connectivity index (χ4n) is 1.00. The molecule has 5 nitrogen and oxygen atoms in total. The van der Waals surface area contributed by atoms with Gasteiger partial charge in [-0.15, -0.1) is 0 Å². The number of H-pyrrole nitrogens is 1. The van der Waals surface area contributed by atoms with Gasteiger partial charge in [0.2, 0.25) is 0 Å². The third kappa shape index (κ3) is 2.08. The van der Waals surface area contributed by atoms with E-state index in [1.165, 1.54) is 6.33 Å². The van der Waals surface area contributed by atoms with E-state index < -0.39 is 0 Å². The van der Waals surface area contributed by atoms with Crippen LogP contribution in [0.3, 0.4) is 0 Å². The number of aromatic nitrogens is 4. The lowest BCUT2D eigenvalue weighted by Gasteiger charge is -2.04. The molecule has 0 bridgehead atoms. The van der Waals surface area contributed by atoms with Gasteiger partial charge in [0.1, 0.15) is 12.1 Å². The van der Waals surface area contributed by atoms with E-state index >= 15 is 0 Å². The van der Waals surface area contributed by atoms with E-state index in [9.17, 15) is 0 Å². The number of aromatic amines is 1. The van der Waals surface area contributed by atoms with Gasteiger partial charge < -0.3 is 10.3 Å². The van der Waals surface area contributed by atoms with Crippen molar-refractivity contribution in [3.05, 3.63) is 35.2 Å². The first-order valence-electron chi connectivity index (χ1n) is 4.03. The molecule has 14 heavy (non-hydrogen) atoms. The van der Waals surface area contributed by atoms with Gasteiger partial charge in [-0.1, -0.05) is 0 Å². The van der Waals surface area contributed by atoms with E-state index in [2.05, 4.69) is 41.2 Å². The average molecular weight is 254 g/mol. The summed E-state index contributed by atoms with van der Waals surface area (Å²) in [6.07, 6.45) is 6.61. The quantitative estimate of drug-likeness (QED) is 0.872. The molecule has 0 radical (unpaired) electrons. The van der Waals surface area contributed by atoms with E-state index in [-0.39, 0.29) is 0 Å². The molecule has 0 unspecified atom stereocenters. The second kappa shape index (κ2) is 4.19. The van der Waals surface area contributed by atoms with Gasteiger partial charge in [0.05, 0.1) is 23.0 Å². The highest BCUT2D eigenvalue weighted by molar-refractivity contribution is 9.10. The maximum Gasteiger partial charge on any atom is 0.144 e. The van der Waals surface area contributed by atoms with Crippen molar-refractivity contribution in [3.63, 3.8) is 0 Å². The molecule has 0 aliphatic heterocycles. The summed E-state index contributed by atoms with van der Waals surface area (Å²) in [6, 6.07) is 0. The van der Waals surface area contributed by atoms with Gasteiger partial charge in [0, 0.05) is 12.4 Å². The molecular formula is C8H8BrN5. The maximum atomic E-state index is 4.07. The standard InChI is InChI=1S/C8H8BrN5/c9-7-3-11-5-14-8(7)12-2-6-1-10-4-13-6/h1,3-5H,2H2,(H,10,13)(H,11,12,14). The second-order valence-electron chi connectivity index (χ2n) is 2.65. The summed E-state index contributed by atoms with van der Waals surface area (Å²) >= 11 is 3.35. The van der Waals surface area contributed by atoms with Crippen LogP contribution >= 0.6 is 15.9 Å². The SMILES string of the molecule is Brc1cncnc1NCc1cnc[nH]1. The fourth-order valence-corrected chi connectivity index (χ4v) is 1.36. The summed E-state index contributed by atoms with van der Waals surface area (Å²) in [7, 11) is 0. The summed E-state index contributed by atoms with van der Waals surface area (Å²) in [5, 5.41) is 3.15. The van der Waals surface area contributed by atoms with Crippen molar-refractivity contribution >= 4 is 21.7 Å². The first kappa shape index (κ1) is 9.14. The number of nitrogens with one attached hydrogen (secondary N) is 2. The van der Waals surface area contributed by atoms with Crippen LogP contribution in [0.15, 0.2) is 29.5 Å². The molecule has 2 aromatic rings. The molecule has 0 amide bonds. The predicted molar refractivity (Wildman–Crippen MR) is 55.6 cm³/mol. The van der Waals surface area contributed by atoms with Crippen LogP contribution < -0.4 is 5.32 Å². The normalized spacial score (nSPS) is 10.1. The molecule has 0 fully saturated rings. The van der Waals surface area contributed by atoms with Gasteiger partial charge in [-0.2, -0.15) is 0 Å². The van der Waals surface area contributed by atoms with Crippen molar-refractivity contribution in [3.8, 4) is 0 Å². The van der Waals surface area contributed by atoms with Crippen LogP contribution in [0.5, 0.6) is 0 Å². The number of rotatable bonds is 3. The molecule has 0 aromatic carbocycles. The molecule has 72 valence electrons. The first-order valence-corrected chi connectivity index (χ1v) is 4.82. The summed E-state index contributed by atoms with van der Waals surface area (Å²) in [5.74, 6) is 0.773. The molecule has 0 aliphatic rings. The van der Waals surface area contributed by atoms with Gasteiger partial charge in [0.25, 0.3) is 0 Å². The largest absolute Gasteiger partial charge is 0.363 e. The third-order valence-corrected chi connectivity index (χ3v) is 2.25. The maximum absolute atomic E-state index is 4.07. The van der Waals surface area contributed by atoms with E-state index in [1.807, 2.05) is 0 Å². The van der Waals surface area contributed by atoms with Gasteiger partial charge in [-0.3, -0.25) is 0 Å². The third-order valence-electron chi connectivity index (χ3n) is 1.67. The first-order chi connectivity index (χ1) is 6.86. The Kier molecular flexibility index (Phi) is 2.73. The molecule has 0 spiro atoms. The summed E-state index contributed by atoms with van der Waals surface area (Å²) < 4.78 is 0.847. The van der Waals surface area contributed by atoms with E-state index in [1.54, 1.807) is 18.7 Å². The molecule has 2 rings (SSSR count). The molecule has 6 heteroatoms. The molecule has 2 aromatic heterocycles. The summed E-state index contributed by atoms with van der Waals surface area (Å²) in [6.45, 7) is 0.662. The lowest BCUT2D eigenvalue weighted by Crippen LogP contribution is -2.02. The number of hydrogen-bond donors (Lipinski definition) is 2. The highest BCUT2D eigenvalue weighted by atomic mass is 79.9. The lowest BCUT2D eigenvalue weighted by molar-refractivity contribution is 1.03. The van der Waals surface area contributed by atoms with E-state index in [0.29, 0.717) is 6.54 Å². The van der Waals surface area contributed by atoms with Gasteiger partial charge >= 0.3 is 0 Å². The van der Waals surface area contributed by atoms with Crippen molar-refractivity contribution in [2.75, 3.05) is 5.32 Å². The Morgan fingerprint density at radius 1 is 1.36 bits per heavy atom. The van der Waals surface area contributed by atoms with Crippen LogP contribution in [-0.4, -0.2) is 19.9 Å². The van der Waals surface area contributed by atoms with Crippen LogP contribution in [-0.2, 0) is 6.54 Å². The average Bonchev–Trinajstić information content (AvgIpc) is 2.69. The Bertz CT molecular complexity index is 400. The van der Waals surface area contributed by atoms with Crippen LogP contribution in [0, 0.1) is 0 Å². The molecule has 2 N–H and O–H groups in total. The summed E-state index contributed by atoms with van der Waals surface area (Å²) in [5.41, 5.74) is 1.01. The van der Waals surface area contributed by atoms with Crippen molar-refractivity contribution in [1.29, 1.82) is 0 Å². The van der Waals surface area contributed by atoms with Gasteiger partial charge in [0.15, 0.2) is 0 Å². The van der Waals surface area contributed by atoms with E-state index in [0.717, 1.165) is 16.0 Å². The zero-order chi connectivity index (χ0) is 9.80. The minimum absolute atomic E-state index is 0.662. The Balaban J connectivity index is 2.02. The second-order valence-corrected chi connectivity index (χ2v) is 3.50. The topological polar surface area (TPSA) is 66.5 Å². The fraction of sp³-hybridized carbons (Fsp3) is 0.125. The molecule has 0 saturated heterocycles. The Labute approximate surface area is 89.1 Å². The Hall–Kier alpha value is -1.43. The zero-order valence-electron chi connectivity index (χ0n) is 7.24. The lowest BCUT2D eigenvalue weighted by atomic mass is 10.4. The monoisotopic (exact) mass is 253 g/mol. The van der Waals surface area contributed by atoms with Gasteiger partial charge in [-0.05, 0) is 15.9 Å². The van der Waals surface area contributed by atoms with E-state index in [4.69, 9.17) is 0 Å². The zero-order valence-corrected chi connectivity index (χ0v) is 8.82. The Morgan fingerprint density at radius 2 is 2.29 bits per heavy atom. The highest BCUT2D eigenvalue weighted by Crippen LogP contribution is 2.17. The number of imidazole rings is 1. The molecular weight excluding hydrogens is 246 g/mol. The molecule has 2 heterocycles. The minimum atomic E-state index is 0.662. The summed E-state index contributed by atoms with van der Waals surface area (Å²) in [4.78, 5) is 14.9. The molecule has 0 saturated carbocycles. The predicted octanol–water partition coefficient (Wildman–Crippen LogP) is 1.57.